The summed E-state index contributed by atoms with van der Waals surface area (Å²) >= 11 is 6.12. The van der Waals surface area contributed by atoms with Crippen LogP contribution >= 0.6 is 11.6 Å². The molecule has 26 heavy (non-hydrogen) atoms. The molecule has 1 aliphatic heterocycles. The van der Waals surface area contributed by atoms with Gasteiger partial charge in [0, 0.05) is 30.5 Å². The molecule has 0 saturated carbocycles. The molecule has 0 amide bonds. The van der Waals surface area contributed by atoms with Crippen molar-refractivity contribution < 1.29 is 9.47 Å². The number of hydrogen-bond acceptors (Lipinski definition) is 5. The first kappa shape index (κ1) is 18.3. The van der Waals surface area contributed by atoms with Crippen LogP contribution in [0.4, 0.5) is 11.5 Å². The van der Waals surface area contributed by atoms with Crippen molar-refractivity contribution in [1.29, 1.82) is 0 Å². The Balaban J connectivity index is 1.68. The number of nitrogens with zero attached hydrogens (tertiary/aromatic N) is 3. The average molecular weight is 376 g/mol. The number of nitrogens with one attached hydrogen (secondary N) is 1. The van der Waals surface area contributed by atoms with Crippen LogP contribution in [0.1, 0.15) is 5.56 Å². The van der Waals surface area contributed by atoms with Gasteiger partial charge in [-0.1, -0.05) is 17.7 Å². The number of pyridine rings is 1. The third-order valence-corrected chi connectivity index (χ3v) is 4.32. The summed E-state index contributed by atoms with van der Waals surface area (Å²) in [6.07, 6.45) is 1.79. The number of halogens is 1. The number of methoxy groups -OCH3 is 1. The van der Waals surface area contributed by atoms with Gasteiger partial charge in [0.25, 0.3) is 0 Å². The van der Waals surface area contributed by atoms with Gasteiger partial charge >= 0.3 is 0 Å². The number of hydrogen-bond donors (Lipinski definition) is 2. The Morgan fingerprint density at radius 2 is 2.19 bits per heavy atom. The maximum atomic E-state index is 6.12. The maximum absolute atomic E-state index is 6.12. The van der Waals surface area contributed by atoms with Crippen molar-refractivity contribution in [1.82, 2.24) is 4.98 Å². The molecule has 1 saturated heterocycles. The average Bonchev–Trinajstić information content (AvgIpc) is 2.67. The Morgan fingerprint density at radius 3 is 2.92 bits per heavy atom. The van der Waals surface area contributed by atoms with Crippen molar-refractivity contribution in [2.45, 2.75) is 6.54 Å². The van der Waals surface area contributed by atoms with Gasteiger partial charge in [0.2, 0.25) is 0 Å². The molecule has 8 heteroatoms. The summed E-state index contributed by atoms with van der Waals surface area (Å²) < 4.78 is 10.5. The molecular formula is C18H22ClN5O2. The highest BCUT2D eigenvalue weighted by Crippen LogP contribution is 2.27. The standard InChI is InChI=1S/C18H22ClN5O2/c1-25-16-5-4-14(11-15(16)19)23-18(20)22-12-13-3-2-6-21-17(13)24-7-9-26-10-8-24/h2-6,11H,7-10,12H2,1H3,(H3,20,22,23). The van der Waals surface area contributed by atoms with Gasteiger partial charge in [0.15, 0.2) is 5.96 Å². The van der Waals surface area contributed by atoms with Crippen molar-refractivity contribution in [2.24, 2.45) is 10.7 Å². The van der Waals surface area contributed by atoms with E-state index < -0.39 is 0 Å². The fraction of sp³-hybridized carbons (Fsp3) is 0.333. The van der Waals surface area contributed by atoms with Crippen LogP contribution in [0, 0.1) is 0 Å². The minimum Gasteiger partial charge on any atom is -0.495 e. The predicted octanol–water partition coefficient (Wildman–Crippen LogP) is 2.51. The minimum absolute atomic E-state index is 0.308. The lowest BCUT2D eigenvalue weighted by atomic mass is 10.2. The first-order chi connectivity index (χ1) is 12.7. The third-order valence-electron chi connectivity index (χ3n) is 4.02. The summed E-state index contributed by atoms with van der Waals surface area (Å²) in [5.74, 6) is 1.85. The Labute approximate surface area is 157 Å². The van der Waals surface area contributed by atoms with Gasteiger partial charge in [-0.25, -0.2) is 9.98 Å². The number of guanidine groups is 1. The van der Waals surface area contributed by atoms with Gasteiger partial charge in [-0.3, -0.25) is 0 Å². The van der Waals surface area contributed by atoms with Crippen LogP contribution < -0.4 is 20.7 Å². The molecule has 0 bridgehead atoms. The molecular weight excluding hydrogens is 354 g/mol. The molecule has 2 aromatic rings. The van der Waals surface area contributed by atoms with E-state index >= 15 is 0 Å². The quantitative estimate of drug-likeness (QED) is 0.617. The monoisotopic (exact) mass is 375 g/mol. The molecule has 3 rings (SSSR count). The number of aliphatic imine (C=N–C) groups is 1. The summed E-state index contributed by atoms with van der Waals surface area (Å²) in [4.78, 5) is 11.1. The number of morpholine rings is 1. The zero-order valence-corrected chi connectivity index (χ0v) is 15.4. The van der Waals surface area contributed by atoms with Crippen molar-refractivity contribution in [2.75, 3.05) is 43.6 Å². The first-order valence-corrected chi connectivity index (χ1v) is 8.72. The molecule has 3 N–H and O–H groups in total. The molecule has 0 aliphatic carbocycles. The molecule has 7 nitrogen and oxygen atoms in total. The summed E-state index contributed by atoms with van der Waals surface area (Å²) in [5, 5.41) is 3.54. The largest absolute Gasteiger partial charge is 0.495 e. The van der Waals surface area contributed by atoms with Crippen LogP contribution in [0.5, 0.6) is 5.75 Å². The topological polar surface area (TPSA) is 85.0 Å². The molecule has 0 spiro atoms. The van der Waals surface area contributed by atoms with E-state index in [-0.39, 0.29) is 0 Å². The second-order valence-electron chi connectivity index (χ2n) is 5.76. The summed E-state index contributed by atoms with van der Waals surface area (Å²) in [6.45, 7) is 3.50. The molecule has 138 valence electrons. The van der Waals surface area contributed by atoms with Crippen molar-refractivity contribution in [3.8, 4) is 5.75 Å². The second kappa shape index (κ2) is 8.73. The number of anilines is 2. The normalized spacial score (nSPS) is 15.0. The Bertz CT molecular complexity index is 778. The highest BCUT2D eigenvalue weighted by Gasteiger charge is 2.15. The summed E-state index contributed by atoms with van der Waals surface area (Å²) in [6, 6.07) is 9.26. The van der Waals surface area contributed by atoms with Crippen LogP contribution in [-0.4, -0.2) is 44.4 Å². The predicted molar refractivity (Wildman–Crippen MR) is 104 cm³/mol. The molecule has 1 aliphatic rings. The lowest BCUT2D eigenvalue weighted by Crippen LogP contribution is -2.37. The minimum atomic E-state index is 0.308. The third kappa shape index (κ3) is 4.56. The van der Waals surface area contributed by atoms with Crippen molar-refractivity contribution in [3.63, 3.8) is 0 Å². The molecule has 0 atom stereocenters. The van der Waals surface area contributed by atoms with Crippen LogP contribution in [-0.2, 0) is 11.3 Å². The highest BCUT2D eigenvalue weighted by atomic mass is 35.5. The highest BCUT2D eigenvalue weighted by molar-refractivity contribution is 6.32. The first-order valence-electron chi connectivity index (χ1n) is 8.34. The Kier molecular flexibility index (Phi) is 6.14. The lowest BCUT2D eigenvalue weighted by Gasteiger charge is -2.29. The van der Waals surface area contributed by atoms with Crippen LogP contribution in [0.15, 0.2) is 41.5 Å². The van der Waals surface area contributed by atoms with Crippen molar-refractivity contribution >= 4 is 29.1 Å². The lowest BCUT2D eigenvalue weighted by molar-refractivity contribution is 0.122. The van der Waals surface area contributed by atoms with Crippen LogP contribution in [0.25, 0.3) is 0 Å². The SMILES string of the molecule is COc1ccc(NC(N)=NCc2cccnc2N2CCOCC2)cc1Cl. The Morgan fingerprint density at radius 1 is 1.38 bits per heavy atom. The van der Waals surface area contributed by atoms with E-state index in [1.165, 1.54) is 0 Å². The van der Waals surface area contributed by atoms with Gasteiger partial charge in [0.05, 0.1) is 31.9 Å². The van der Waals surface area contributed by atoms with Crippen LogP contribution in [0.3, 0.4) is 0 Å². The number of benzene rings is 1. The summed E-state index contributed by atoms with van der Waals surface area (Å²) in [5.41, 5.74) is 7.78. The van der Waals surface area contributed by atoms with Crippen molar-refractivity contribution in [3.05, 3.63) is 47.1 Å². The van der Waals surface area contributed by atoms with E-state index in [0.717, 1.165) is 30.2 Å². The molecule has 2 heterocycles. The zero-order valence-electron chi connectivity index (χ0n) is 14.6. The molecule has 0 unspecified atom stereocenters. The number of ether oxygens (including phenoxy) is 2. The molecule has 1 fully saturated rings. The number of aromatic nitrogens is 1. The van der Waals surface area contributed by atoms with E-state index in [9.17, 15) is 0 Å². The Hall–Kier alpha value is -2.51. The smallest absolute Gasteiger partial charge is 0.193 e. The van der Waals surface area contributed by atoms with Crippen LogP contribution in [0.2, 0.25) is 5.02 Å². The second-order valence-corrected chi connectivity index (χ2v) is 6.17. The van der Waals surface area contributed by atoms with Gasteiger partial charge in [-0.15, -0.1) is 0 Å². The summed E-state index contributed by atoms with van der Waals surface area (Å²) in [7, 11) is 1.57. The van der Waals surface area contributed by atoms with E-state index in [0.29, 0.717) is 36.5 Å². The zero-order chi connectivity index (χ0) is 18.4. The van der Waals surface area contributed by atoms with E-state index in [4.69, 9.17) is 26.8 Å². The van der Waals surface area contributed by atoms with E-state index in [2.05, 4.69) is 20.2 Å². The van der Waals surface area contributed by atoms with Gasteiger partial charge < -0.3 is 25.4 Å². The fourth-order valence-corrected chi connectivity index (χ4v) is 2.97. The number of rotatable bonds is 5. The van der Waals surface area contributed by atoms with Gasteiger partial charge in [-0.05, 0) is 24.3 Å². The van der Waals surface area contributed by atoms with Gasteiger partial charge in [-0.2, -0.15) is 0 Å². The molecule has 1 aromatic heterocycles. The molecule has 0 radical (unpaired) electrons. The van der Waals surface area contributed by atoms with E-state index in [1.807, 2.05) is 18.2 Å². The van der Waals surface area contributed by atoms with Gasteiger partial charge in [0.1, 0.15) is 11.6 Å². The van der Waals surface area contributed by atoms with E-state index in [1.54, 1.807) is 25.4 Å². The molecule has 1 aromatic carbocycles. The number of nitrogens with two attached hydrogens (primary N) is 1. The fourth-order valence-electron chi connectivity index (χ4n) is 2.72. The maximum Gasteiger partial charge on any atom is 0.193 e.